The Morgan fingerprint density at radius 2 is 1.69 bits per heavy atom. The number of carbonyl (C=O) groups is 1. The van der Waals surface area contributed by atoms with Crippen LogP contribution in [-0.2, 0) is 4.79 Å². The van der Waals surface area contributed by atoms with E-state index in [1.807, 2.05) is 7.05 Å². The number of hydrogen-bond acceptors (Lipinski definition) is 3. The zero-order valence-electron chi connectivity index (χ0n) is 19.0. The van der Waals surface area contributed by atoms with Crippen molar-refractivity contribution in [1.29, 1.82) is 0 Å². The first-order valence-electron chi connectivity index (χ1n) is 12.1. The molecule has 1 saturated carbocycles. The second-order valence-corrected chi connectivity index (χ2v) is 9.61. The molecule has 6 heteroatoms. The quantitative estimate of drug-likeness (QED) is 0.527. The van der Waals surface area contributed by atoms with Crippen LogP contribution in [0.15, 0.2) is 4.99 Å². The van der Waals surface area contributed by atoms with Gasteiger partial charge in [0.2, 0.25) is 5.91 Å². The van der Waals surface area contributed by atoms with Crippen LogP contribution in [0, 0.1) is 11.8 Å². The average molecular weight is 406 g/mol. The van der Waals surface area contributed by atoms with Gasteiger partial charge in [-0.1, -0.05) is 39.5 Å². The van der Waals surface area contributed by atoms with E-state index in [9.17, 15) is 4.79 Å². The van der Waals surface area contributed by atoms with Gasteiger partial charge in [-0.3, -0.25) is 14.7 Å². The van der Waals surface area contributed by atoms with Gasteiger partial charge in [-0.15, -0.1) is 0 Å². The normalized spacial score (nSPS) is 26.0. The molecule has 0 radical (unpaired) electrons. The second kappa shape index (κ2) is 11.2. The number of amides is 1. The number of nitrogens with zero attached hydrogens (tertiary/aromatic N) is 3. The summed E-state index contributed by atoms with van der Waals surface area (Å²) in [6, 6.07) is 0.845. The van der Waals surface area contributed by atoms with Crippen LogP contribution in [0.1, 0.15) is 71.6 Å². The Balaban J connectivity index is 1.46. The molecular formula is C23H43N5O. The molecule has 2 saturated heterocycles. The van der Waals surface area contributed by atoms with E-state index < -0.39 is 0 Å². The fourth-order valence-corrected chi connectivity index (χ4v) is 5.31. The van der Waals surface area contributed by atoms with Crippen LogP contribution < -0.4 is 10.6 Å². The minimum Gasteiger partial charge on any atom is -0.355 e. The van der Waals surface area contributed by atoms with Crippen LogP contribution in [0.25, 0.3) is 0 Å². The topological polar surface area (TPSA) is 60.0 Å². The Labute approximate surface area is 177 Å². The molecule has 3 fully saturated rings. The molecule has 1 amide bonds. The van der Waals surface area contributed by atoms with Gasteiger partial charge in [0, 0.05) is 44.7 Å². The lowest BCUT2D eigenvalue weighted by Gasteiger charge is -2.34. The maximum Gasteiger partial charge on any atom is 0.225 e. The van der Waals surface area contributed by atoms with Gasteiger partial charge in [0.25, 0.3) is 0 Å². The highest BCUT2D eigenvalue weighted by Crippen LogP contribution is 2.27. The van der Waals surface area contributed by atoms with Crippen LogP contribution in [0.4, 0.5) is 0 Å². The summed E-state index contributed by atoms with van der Waals surface area (Å²) < 4.78 is 0. The summed E-state index contributed by atoms with van der Waals surface area (Å²) in [6.07, 6.45) is 11.0. The summed E-state index contributed by atoms with van der Waals surface area (Å²) in [6.45, 7) is 9.72. The summed E-state index contributed by atoms with van der Waals surface area (Å²) in [7, 11) is 1.85. The molecule has 2 heterocycles. The fourth-order valence-electron chi connectivity index (χ4n) is 5.31. The standard InChI is InChI=1S/C23H43N5O/c1-18(2)21(27-13-8-4-5-9-14-27)16-25-23(24-3)26-20-12-15-28(17-20)22(29)19-10-6-7-11-19/h18-21H,4-17H2,1-3H3,(H2,24,25,26). The van der Waals surface area contributed by atoms with Gasteiger partial charge >= 0.3 is 0 Å². The number of hydrogen-bond donors (Lipinski definition) is 2. The minimum absolute atomic E-state index is 0.284. The van der Waals surface area contributed by atoms with Gasteiger partial charge < -0.3 is 15.5 Å². The van der Waals surface area contributed by atoms with Crippen molar-refractivity contribution >= 4 is 11.9 Å². The van der Waals surface area contributed by atoms with Crippen molar-refractivity contribution in [2.75, 3.05) is 39.8 Å². The predicted molar refractivity (Wildman–Crippen MR) is 120 cm³/mol. The smallest absolute Gasteiger partial charge is 0.225 e. The molecule has 2 aliphatic heterocycles. The molecule has 166 valence electrons. The van der Waals surface area contributed by atoms with Crippen molar-refractivity contribution in [2.45, 2.75) is 83.7 Å². The molecule has 6 nitrogen and oxygen atoms in total. The van der Waals surface area contributed by atoms with E-state index in [0.29, 0.717) is 23.9 Å². The second-order valence-electron chi connectivity index (χ2n) is 9.61. The molecule has 2 N–H and O–H groups in total. The van der Waals surface area contributed by atoms with Gasteiger partial charge in [-0.25, -0.2) is 0 Å². The summed E-state index contributed by atoms with van der Waals surface area (Å²) in [5.41, 5.74) is 0. The van der Waals surface area contributed by atoms with Crippen LogP contribution in [0.5, 0.6) is 0 Å². The fraction of sp³-hybridized carbons (Fsp3) is 0.913. The molecule has 29 heavy (non-hydrogen) atoms. The first-order valence-corrected chi connectivity index (χ1v) is 12.1. The molecule has 3 aliphatic rings. The lowest BCUT2D eigenvalue weighted by molar-refractivity contribution is -0.134. The molecule has 1 aliphatic carbocycles. The lowest BCUT2D eigenvalue weighted by Crippen LogP contribution is -2.51. The van der Waals surface area contributed by atoms with Gasteiger partial charge in [0.15, 0.2) is 5.96 Å². The highest BCUT2D eigenvalue weighted by atomic mass is 16.2. The third-order valence-corrected chi connectivity index (χ3v) is 7.13. The number of aliphatic imine (C=N–C) groups is 1. The van der Waals surface area contributed by atoms with Crippen LogP contribution in [0.2, 0.25) is 0 Å². The van der Waals surface area contributed by atoms with Gasteiger partial charge in [-0.2, -0.15) is 0 Å². The number of nitrogens with one attached hydrogen (secondary N) is 2. The molecule has 0 bridgehead atoms. The molecule has 0 aromatic rings. The summed E-state index contributed by atoms with van der Waals surface area (Å²) in [4.78, 5) is 21.9. The molecule has 2 unspecified atom stereocenters. The van der Waals surface area contributed by atoms with E-state index in [1.165, 1.54) is 51.6 Å². The van der Waals surface area contributed by atoms with E-state index in [2.05, 4.69) is 39.3 Å². The van der Waals surface area contributed by atoms with Gasteiger partial charge in [0.05, 0.1) is 0 Å². The monoisotopic (exact) mass is 405 g/mol. The van der Waals surface area contributed by atoms with E-state index in [1.54, 1.807) is 0 Å². The maximum absolute atomic E-state index is 12.7. The zero-order valence-corrected chi connectivity index (χ0v) is 19.0. The van der Waals surface area contributed by atoms with Gasteiger partial charge in [0.1, 0.15) is 0 Å². The zero-order chi connectivity index (χ0) is 20.6. The van der Waals surface area contributed by atoms with Crippen molar-refractivity contribution in [2.24, 2.45) is 16.8 Å². The van der Waals surface area contributed by atoms with Crippen molar-refractivity contribution in [1.82, 2.24) is 20.4 Å². The van der Waals surface area contributed by atoms with E-state index in [-0.39, 0.29) is 5.92 Å². The van der Waals surface area contributed by atoms with Crippen LogP contribution in [0.3, 0.4) is 0 Å². The Kier molecular flexibility index (Phi) is 8.64. The molecule has 2 atom stereocenters. The number of carbonyl (C=O) groups excluding carboxylic acids is 1. The highest BCUT2D eigenvalue weighted by molar-refractivity contribution is 5.81. The first-order chi connectivity index (χ1) is 14.1. The predicted octanol–water partition coefficient (Wildman–Crippen LogP) is 2.84. The first kappa shape index (κ1) is 22.4. The Bertz CT molecular complexity index is 535. The van der Waals surface area contributed by atoms with Crippen molar-refractivity contribution in [3.8, 4) is 0 Å². The summed E-state index contributed by atoms with van der Waals surface area (Å²) >= 11 is 0. The summed E-state index contributed by atoms with van der Waals surface area (Å²) in [5.74, 6) is 2.16. The average Bonchev–Trinajstić information content (AvgIpc) is 3.34. The van der Waals surface area contributed by atoms with Crippen LogP contribution >= 0.6 is 0 Å². The Morgan fingerprint density at radius 3 is 2.31 bits per heavy atom. The molecule has 0 aromatic carbocycles. The maximum atomic E-state index is 12.7. The third kappa shape index (κ3) is 6.34. The number of likely N-dealkylation sites (tertiary alicyclic amines) is 2. The molecule has 0 spiro atoms. The van der Waals surface area contributed by atoms with Crippen LogP contribution in [-0.4, -0.2) is 73.5 Å². The van der Waals surface area contributed by atoms with E-state index >= 15 is 0 Å². The SMILES string of the molecule is CN=C(NCC(C(C)C)N1CCCCCC1)NC1CCN(C(=O)C2CCCC2)C1. The molecule has 0 aromatic heterocycles. The summed E-state index contributed by atoms with van der Waals surface area (Å²) in [5, 5.41) is 7.17. The largest absolute Gasteiger partial charge is 0.355 e. The molecular weight excluding hydrogens is 362 g/mol. The third-order valence-electron chi connectivity index (χ3n) is 7.13. The highest BCUT2D eigenvalue weighted by Gasteiger charge is 2.32. The van der Waals surface area contributed by atoms with Crippen molar-refractivity contribution in [3.63, 3.8) is 0 Å². The Hall–Kier alpha value is -1.30. The van der Waals surface area contributed by atoms with Crippen molar-refractivity contribution < 1.29 is 4.79 Å². The number of guanidine groups is 1. The minimum atomic E-state index is 0.284. The molecule has 3 rings (SSSR count). The van der Waals surface area contributed by atoms with Crippen molar-refractivity contribution in [3.05, 3.63) is 0 Å². The van der Waals surface area contributed by atoms with E-state index in [4.69, 9.17) is 0 Å². The van der Waals surface area contributed by atoms with Gasteiger partial charge in [-0.05, 0) is 51.1 Å². The Morgan fingerprint density at radius 1 is 1.00 bits per heavy atom. The lowest BCUT2D eigenvalue weighted by atomic mass is 10.0. The number of rotatable bonds is 6. The van der Waals surface area contributed by atoms with E-state index in [0.717, 1.165) is 44.9 Å².